The third kappa shape index (κ3) is 2.36. The number of hydrogen-bond donors (Lipinski definition) is 0. The van der Waals surface area contributed by atoms with Gasteiger partial charge in [-0.25, -0.2) is 0 Å². The van der Waals surface area contributed by atoms with E-state index in [9.17, 15) is 0 Å². The molecule has 0 N–H and O–H groups in total. The standard InChI is InChI=1S/C12H21BrN4/c1-9-8-17(6-5-15(9)3)12-11(7-13)10(2)14-16(12)4/h9H,5-8H2,1-4H3. The van der Waals surface area contributed by atoms with Crippen molar-refractivity contribution in [1.82, 2.24) is 14.7 Å². The minimum Gasteiger partial charge on any atom is -0.354 e. The zero-order chi connectivity index (χ0) is 12.6. The van der Waals surface area contributed by atoms with Crippen molar-refractivity contribution in [2.24, 2.45) is 7.05 Å². The SMILES string of the molecule is Cc1nn(C)c(N2CCN(C)C(C)C2)c1CBr. The van der Waals surface area contributed by atoms with Crippen LogP contribution in [0.2, 0.25) is 0 Å². The Morgan fingerprint density at radius 3 is 2.65 bits per heavy atom. The van der Waals surface area contributed by atoms with Crippen molar-refractivity contribution in [3.05, 3.63) is 11.3 Å². The van der Waals surface area contributed by atoms with Crippen molar-refractivity contribution in [2.75, 3.05) is 31.6 Å². The van der Waals surface area contributed by atoms with Crippen LogP contribution in [0.3, 0.4) is 0 Å². The molecule has 0 amide bonds. The van der Waals surface area contributed by atoms with Gasteiger partial charge >= 0.3 is 0 Å². The molecule has 0 aliphatic carbocycles. The van der Waals surface area contributed by atoms with E-state index >= 15 is 0 Å². The van der Waals surface area contributed by atoms with Gasteiger partial charge in [-0.2, -0.15) is 5.10 Å². The molecule has 2 rings (SSSR count). The van der Waals surface area contributed by atoms with E-state index in [-0.39, 0.29) is 0 Å². The molecule has 96 valence electrons. The third-order valence-electron chi connectivity index (χ3n) is 3.71. The first-order chi connectivity index (χ1) is 8.04. The Balaban J connectivity index is 2.28. The molecule has 0 saturated carbocycles. The van der Waals surface area contributed by atoms with Gasteiger partial charge < -0.3 is 9.80 Å². The van der Waals surface area contributed by atoms with Crippen molar-refractivity contribution >= 4 is 21.7 Å². The van der Waals surface area contributed by atoms with Gasteiger partial charge in [0.2, 0.25) is 0 Å². The number of rotatable bonds is 2. The van der Waals surface area contributed by atoms with E-state index in [1.54, 1.807) is 0 Å². The van der Waals surface area contributed by atoms with Gasteiger partial charge in [-0.15, -0.1) is 0 Å². The van der Waals surface area contributed by atoms with Crippen molar-refractivity contribution in [2.45, 2.75) is 25.2 Å². The lowest BCUT2D eigenvalue weighted by atomic mass is 10.2. The number of anilines is 1. The van der Waals surface area contributed by atoms with Crippen LogP contribution in [0.25, 0.3) is 0 Å². The minimum atomic E-state index is 0.599. The van der Waals surface area contributed by atoms with Crippen molar-refractivity contribution in [3.63, 3.8) is 0 Å². The van der Waals surface area contributed by atoms with Crippen molar-refractivity contribution < 1.29 is 0 Å². The molecule has 0 bridgehead atoms. The van der Waals surface area contributed by atoms with Crippen LogP contribution in [0.5, 0.6) is 0 Å². The first-order valence-electron chi connectivity index (χ1n) is 6.08. The van der Waals surface area contributed by atoms with E-state index in [2.05, 4.69) is 51.7 Å². The molecule has 0 spiro atoms. The highest BCUT2D eigenvalue weighted by molar-refractivity contribution is 9.08. The first-order valence-corrected chi connectivity index (χ1v) is 7.20. The molecule has 1 aromatic heterocycles. The molecule has 1 aliphatic heterocycles. The second kappa shape index (κ2) is 4.98. The molecule has 5 heteroatoms. The quantitative estimate of drug-likeness (QED) is 0.778. The molecular weight excluding hydrogens is 280 g/mol. The molecule has 1 atom stereocenters. The predicted octanol–water partition coefficient (Wildman–Crippen LogP) is 1.76. The van der Waals surface area contributed by atoms with Crippen LogP contribution < -0.4 is 4.90 Å². The van der Waals surface area contributed by atoms with Gasteiger partial charge in [-0.3, -0.25) is 4.68 Å². The fraction of sp³-hybridized carbons (Fsp3) is 0.750. The number of aryl methyl sites for hydroxylation is 2. The smallest absolute Gasteiger partial charge is 0.130 e. The Morgan fingerprint density at radius 2 is 2.06 bits per heavy atom. The van der Waals surface area contributed by atoms with Gasteiger partial charge in [-0.05, 0) is 20.9 Å². The monoisotopic (exact) mass is 300 g/mol. The van der Waals surface area contributed by atoms with E-state index < -0.39 is 0 Å². The highest BCUT2D eigenvalue weighted by atomic mass is 79.9. The normalized spacial score (nSPS) is 22.2. The number of piperazine rings is 1. The van der Waals surface area contributed by atoms with Gasteiger partial charge in [0.25, 0.3) is 0 Å². The maximum Gasteiger partial charge on any atom is 0.130 e. The van der Waals surface area contributed by atoms with Crippen LogP contribution >= 0.6 is 15.9 Å². The third-order valence-corrected chi connectivity index (χ3v) is 4.27. The molecular formula is C12H21BrN4. The molecule has 4 nitrogen and oxygen atoms in total. The van der Waals surface area contributed by atoms with Gasteiger partial charge in [0.1, 0.15) is 5.82 Å². The molecule has 17 heavy (non-hydrogen) atoms. The van der Waals surface area contributed by atoms with Crippen LogP contribution in [-0.4, -0.2) is 47.4 Å². The highest BCUT2D eigenvalue weighted by Crippen LogP contribution is 2.27. The largest absolute Gasteiger partial charge is 0.354 e. The summed E-state index contributed by atoms with van der Waals surface area (Å²) in [6, 6.07) is 0.599. The molecule has 0 aromatic carbocycles. The maximum absolute atomic E-state index is 4.53. The fourth-order valence-electron chi connectivity index (χ4n) is 2.48. The van der Waals surface area contributed by atoms with Crippen LogP contribution in [0.1, 0.15) is 18.2 Å². The Morgan fingerprint density at radius 1 is 1.35 bits per heavy atom. The first kappa shape index (κ1) is 12.9. The van der Waals surface area contributed by atoms with Crippen molar-refractivity contribution in [3.8, 4) is 0 Å². The summed E-state index contributed by atoms with van der Waals surface area (Å²) in [5.74, 6) is 1.28. The lowest BCUT2D eigenvalue weighted by Gasteiger charge is -2.39. The van der Waals surface area contributed by atoms with Gasteiger partial charge in [-0.1, -0.05) is 15.9 Å². The summed E-state index contributed by atoms with van der Waals surface area (Å²) in [5, 5.41) is 5.41. The van der Waals surface area contributed by atoms with E-state index in [1.807, 2.05) is 11.7 Å². The summed E-state index contributed by atoms with van der Waals surface area (Å²) >= 11 is 3.58. The fourth-order valence-corrected chi connectivity index (χ4v) is 3.14. The summed E-state index contributed by atoms with van der Waals surface area (Å²) < 4.78 is 2.02. The highest BCUT2D eigenvalue weighted by Gasteiger charge is 2.25. The van der Waals surface area contributed by atoms with E-state index in [4.69, 9.17) is 0 Å². The van der Waals surface area contributed by atoms with Gasteiger partial charge in [0.05, 0.1) is 5.69 Å². The zero-order valence-corrected chi connectivity index (χ0v) is 12.7. The Kier molecular flexibility index (Phi) is 3.78. The molecule has 1 aliphatic rings. The predicted molar refractivity (Wildman–Crippen MR) is 74.9 cm³/mol. The van der Waals surface area contributed by atoms with E-state index in [0.29, 0.717) is 6.04 Å². The van der Waals surface area contributed by atoms with Crippen molar-refractivity contribution in [1.29, 1.82) is 0 Å². The topological polar surface area (TPSA) is 24.3 Å². The second-order valence-electron chi connectivity index (χ2n) is 4.92. The zero-order valence-electron chi connectivity index (χ0n) is 11.1. The number of hydrogen-bond acceptors (Lipinski definition) is 3. The lowest BCUT2D eigenvalue weighted by Crippen LogP contribution is -2.50. The molecule has 1 unspecified atom stereocenters. The Hall–Kier alpha value is -0.550. The van der Waals surface area contributed by atoms with Gasteiger partial charge in [0, 0.05) is 43.6 Å². The van der Waals surface area contributed by atoms with E-state index in [0.717, 1.165) is 30.7 Å². The van der Waals surface area contributed by atoms with Crippen LogP contribution in [-0.2, 0) is 12.4 Å². The second-order valence-corrected chi connectivity index (χ2v) is 5.48. The van der Waals surface area contributed by atoms with Crippen LogP contribution in [0.15, 0.2) is 0 Å². The molecule has 1 fully saturated rings. The summed E-state index contributed by atoms with van der Waals surface area (Å²) in [6.45, 7) is 7.64. The summed E-state index contributed by atoms with van der Waals surface area (Å²) in [5.41, 5.74) is 2.45. The number of aromatic nitrogens is 2. The number of alkyl halides is 1. The molecule has 1 saturated heterocycles. The minimum absolute atomic E-state index is 0.599. The Bertz CT molecular complexity index is 401. The molecule has 0 radical (unpaired) electrons. The number of halogens is 1. The van der Waals surface area contributed by atoms with Gasteiger partial charge in [0.15, 0.2) is 0 Å². The number of likely N-dealkylation sites (N-methyl/N-ethyl adjacent to an activating group) is 1. The van der Waals surface area contributed by atoms with Crippen LogP contribution in [0, 0.1) is 6.92 Å². The summed E-state index contributed by atoms with van der Waals surface area (Å²) in [6.07, 6.45) is 0. The average Bonchev–Trinajstić information content (AvgIpc) is 2.57. The van der Waals surface area contributed by atoms with Crippen LogP contribution in [0.4, 0.5) is 5.82 Å². The average molecular weight is 301 g/mol. The molecule has 2 heterocycles. The lowest BCUT2D eigenvalue weighted by molar-refractivity contribution is 0.232. The van der Waals surface area contributed by atoms with E-state index in [1.165, 1.54) is 11.4 Å². The Labute approximate surface area is 112 Å². The summed E-state index contributed by atoms with van der Waals surface area (Å²) in [7, 11) is 4.24. The summed E-state index contributed by atoms with van der Waals surface area (Å²) in [4.78, 5) is 4.87. The maximum atomic E-state index is 4.53. The molecule has 1 aromatic rings. The number of nitrogens with zero attached hydrogens (tertiary/aromatic N) is 4.